The summed E-state index contributed by atoms with van der Waals surface area (Å²) in [7, 11) is 0. The number of rotatable bonds is 9. The molecule has 0 aliphatic carbocycles. The number of primary amides is 1. The molecule has 3 amide bonds. The molecule has 0 radical (unpaired) electrons. The van der Waals surface area contributed by atoms with Gasteiger partial charge in [0.2, 0.25) is 17.7 Å². The van der Waals surface area contributed by atoms with Crippen molar-refractivity contribution in [3.05, 3.63) is 0 Å². The third-order valence-electron chi connectivity index (χ3n) is 3.42. The highest BCUT2D eigenvalue weighted by atomic mass is 35.5. The number of carbonyl (C=O) groups excluding carboxylic acids is 3. The quantitative estimate of drug-likeness (QED) is 0.353. The molecule has 7 N–H and O–H groups in total. The van der Waals surface area contributed by atoms with E-state index in [9.17, 15) is 19.5 Å². The van der Waals surface area contributed by atoms with Crippen LogP contribution in [0.3, 0.4) is 0 Å². The molecule has 0 saturated heterocycles. The smallest absolute Gasteiger partial charge is 0.244 e. The zero-order valence-electron chi connectivity index (χ0n) is 16.2. The predicted molar refractivity (Wildman–Crippen MR) is 107 cm³/mol. The highest BCUT2D eigenvalue weighted by Crippen LogP contribution is 2.23. The molecule has 0 bridgehead atoms. The fraction of sp³-hybridized carbons (Fsp3) is 0.812. The van der Waals surface area contributed by atoms with Crippen molar-refractivity contribution in [1.82, 2.24) is 10.6 Å². The molecule has 0 rings (SSSR count). The molecule has 0 aromatic rings. The maximum Gasteiger partial charge on any atom is 0.244 e. The van der Waals surface area contributed by atoms with Gasteiger partial charge in [0.05, 0.1) is 12.1 Å². The molecular formula is C16H33ClN4O4S. The molecule has 154 valence electrons. The second kappa shape index (κ2) is 11.6. The Morgan fingerprint density at radius 3 is 1.92 bits per heavy atom. The van der Waals surface area contributed by atoms with Gasteiger partial charge in [0.25, 0.3) is 0 Å². The Morgan fingerprint density at radius 1 is 1.08 bits per heavy atom. The summed E-state index contributed by atoms with van der Waals surface area (Å²) in [6.45, 7) is 10.9. The van der Waals surface area contributed by atoms with Crippen LogP contribution in [0.1, 0.15) is 41.5 Å². The first-order valence-electron chi connectivity index (χ1n) is 8.24. The van der Waals surface area contributed by atoms with Gasteiger partial charge >= 0.3 is 0 Å². The molecule has 0 heterocycles. The largest absolute Gasteiger partial charge is 0.391 e. The molecule has 0 aromatic heterocycles. The van der Waals surface area contributed by atoms with Crippen LogP contribution in [-0.2, 0) is 14.4 Å². The predicted octanol–water partition coefficient (Wildman–Crippen LogP) is -0.241. The van der Waals surface area contributed by atoms with Gasteiger partial charge in [-0.2, -0.15) is 11.8 Å². The van der Waals surface area contributed by atoms with Gasteiger partial charge in [-0.3, -0.25) is 14.4 Å². The minimum atomic E-state index is -1.23. The van der Waals surface area contributed by atoms with Crippen LogP contribution in [0.15, 0.2) is 0 Å². The summed E-state index contributed by atoms with van der Waals surface area (Å²) in [4.78, 5) is 36.1. The van der Waals surface area contributed by atoms with Gasteiger partial charge in [-0.25, -0.2) is 0 Å². The molecule has 0 aliphatic rings. The van der Waals surface area contributed by atoms with Gasteiger partial charge < -0.3 is 27.2 Å². The number of nitrogens with one attached hydrogen (secondary N) is 2. The van der Waals surface area contributed by atoms with E-state index in [1.165, 1.54) is 18.7 Å². The van der Waals surface area contributed by atoms with E-state index >= 15 is 0 Å². The van der Waals surface area contributed by atoms with Crippen LogP contribution >= 0.6 is 24.2 Å². The van der Waals surface area contributed by atoms with Crippen LogP contribution in [0.2, 0.25) is 0 Å². The monoisotopic (exact) mass is 412 g/mol. The van der Waals surface area contributed by atoms with E-state index in [1.807, 2.05) is 20.8 Å². The molecule has 0 aliphatic heterocycles. The van der Waals surface area contributed by atoms with Crippen molar-refractivity contribution in [3.8, 4) is 0 Å². The van der Waals surface area contributed by atoms with E-state index in [-0.39, 0.29) is 28.8 Å². The third kappa shape index (κ3) is 10.2. The molecule has 1 unspecified atom stereocenters. The first kappa shape index (κ1) is 27.2. The van der Waals surface area contributed by atoms with Gasteiger partial charge in [-0.1, -0.05) is 34.6 Å². The molecule has 0 aromatic carbocycles. The number of aliphatic hydroxyl groups is 1. The number of nitrogens with two attached hydrogens (primary N) is 2. The lowest BCUT2D eigenvalue weighted by Gasteiger charge is -2.27. The van der Waals surface area contributed by atoms with Crippen molar-refractivity contribution in [3.63, 3.8) is 0 Å². The number of hydrogen-bond acceptors (Lipinski definition) is 6. The van der Waals surface area contributed by atoms with Crippen molar-refractivity contribution >= 4 is 41.9 Å². The summed E-state index contributed by atoms with van der Waals surface area (Å²) in [5.41, 5.74) is 11.0. The minimum Gasteiger partial charge on any atom is -0.391 e. The summed E-state index contributed by atoms with van der Waals surface area (Å²) >= 11 is 1.48. The first-order valence-corrected chi connectivity index (χ1v) is 9.22. The van der Waals surface area contributed by atoms with E-state index in [4.69, 9.17) is 11.5 Å². The van der Waals surface area contributed by atoms with Crippen molar-refractivity contribution < 1.29 is 19.5 Å². The van der Waals surface area contributed by atoms with Gasteiger partial charge in [0, 0.05) is 10.5 Å². The molecular weight excluding hydrogens is 380 g/mol. The van der Waals surface area contributed by atoms with Gasteiger partial charge in [-0.05, 0) is 12.8 Å². The fourth-order valence-electron chi connectivity index (χ4n) is 1.77. The number of thioether (sulfide) groups is 1. The van der Waals surface area contributed by atoms with E-state index in [2.05, 4.69) is 10.6 Å². The van der Waals surface area contributed by atoms with Crippen molar-refractivity contribution in [2.45, 2.75) is 70.5 Å². The summed E-state index contributed by atoms with van der Waals surface area (Å²) in [6, 6.07) is -2.88. The maximum absolute atomic E-state index is 12.5. The van der Waals surface area contributed by atoms with E-state index in [0.717, 1.165) is 0 Å². The normalized spacial score (nSPS) is 16.0. The minimum absolute atomic E-state index is 0. The van der Waals surface area contributed by atoms with Crippen molar-refractivity contribution in [2.75, 3.05) is 5.75 Å². The lowest BCUT2D eigenvalue weighted by Crippen LogP contribution is -2.59. The zero-order chi connectivity index (χ0) is 19.9. The number of halogens is 1. The standard InChI is InChI=1S/C16H32N4O4S.ClH/c1-8(2)11(17)15(24)19-10(7-25-16(4,5)6)14(23)20-12(9(3)21)13(18)22;/h8-12,21H,7,17H2,1-6H3,(H2,18,22)(H,19,24)(H,20,23);1H/t9?,10-,11-,12-;/m0./s1. The van der Waals surface area contributed by atoms with E-state index in [1.54, 1.807) is 13.8 Å². The number of amides is 3. The Morgan fingerprint density at radius 2 is 1.58 bits per heavy atom. The molecule has 0 spiro atoms. The fourth-order valence-corrected chi connectivity index (χ4v) is 2.67. The van der Waals surface area contributed by atoms with Crippen LogP contribution in [0.25, 0.3) is 0 Å². The number of carbonyl (C=O) groups is 3. The van der Waals surface area contributed by atoms with Crippen LogP contribution < -0.4 is 22.1 Å². The first-order chi connectivity index (χ1) is 11.3. The summed E-state index contributed by atoms with van der Waals surface area (Å²) in [5.74, 6) is -1.69. The number of aliphatic hydroxyl groups excluding tert-OH is 1. The van der Waals surface area contributed by atoms with Crippen LogP contribution in [-0.4, -0.2) is 57.6 Å². The molecule has 4 atom stereocenters. The number of hydrogen-bond donors (Lipinski definition) is 5. The van der Waals surface area contributed by atoms with E-state index < -0.39 is 42.0 Å². The SMILES string of the molecule is CC(C)[C@H](N)C(=O)N[C@@H](CSC(C)(C)C)C(=O)N[C@H](C(N)=O)C(C)O.Cl. The second-order valence-electron chi connectivity index (χ2n) is 7.38. The Bertz CT molecular complexity index is 483. The molecule has 8 nitrogen and oxygen atoms in total. The van der Waals surface area contributed by atoms with Gasteiger partial charge in [-0.15, -0.1) is 12.4 Å². The summed E-state index contributed by atoms with van der Waals surface area (Å²) in [6.07, 6.45) is -1.15. The van der Waals surface area contributed by atoms with Crippen LogP contribution in [0.5, 0.6) is 0 Å². The van der Waals surface area contributed by atoms with E-state index in [0.29, 0.717) is 0 Å². The highest BCUT2D eigenvalue weighted by molar-refractivity contribution is 8.00. The highest BCUT2D eigenvalue weighted by Gasteiger charge is 2.30. The maximum atomic E-state index is 12.5. The lowest BCUT2D eigenvalue weighted by atomic mass is 10.0. The topological polar surface area (TPSA) is 148 Å². The van der Waals surface area contributed by atoms with Crippen molar-refractivity contribution in [2.24, 2.45) is 17.4 Å². The summed E-state index contributed by atoms with van der Waals surface area (Å²) in [5, 5.41) is 14.6. The Balaban J connectivity index is 0. The molecule has 0 fully saturated rings. The van der Waals surface area contributed by atoms with Crippen LogP contribution in [0.4, 0.5) is 0 Å². The van der Waals surface area contributed by atoms with Crippen molar-refractivity contribution in [1.29, 1.82) is 0 Å². The Labute approximate surface area is 166 Å². The zero-order valence-corrected chi connectivity index (χ0v) is 17.9. The van der Waals surface area contributed by atoms with Crippen LogP contribution in [0, 0.1) is 5.92 Å². The Kier molecular flexibility index (Phi) is 12.2. The summed E-state index contributed by atoms with van der Waals surface area (Å²) < 4.78 is -0.128. The lowest BCUT2D eigenvalue weighted by molar-refractivity contribution is -0.132. The average Bonchev–Trinajstić information content (AvgIpc) is 2.45. The average molecular weight is 413 g/mol. The third-order valence-corrected chi connectivity index (χ3v) is 4.79. The van der Waals surface area contributed by atoms with Gasteiger partial charge in [0.1, 0.15) is 12.1 Å². The van der Waals surface area contributed by atoms with Gasteiger partial charge in [0.15, 0.2) is 0 Å². The second-order valence-corrected chi connectivity index (χ2v) is 9.23. The molecule has 10 heteroatoms. The molecule has 26 heavy (non-hydrogen) atoms. The molecule has 0 saturated carbocycles. The Hall–Kier alpha value is -1.03.